The van der Waals surface area contributed by atoms with Gasteiger partial charge in [-0.2, -0.15) is 0 Å². The molecule has 6 N–H and O–H groups in total. The Hall–Kier alpha value is -4.07. The van der Waals surface area contributed by atoms with E-state index in [1.165, 1.54) is 4.57 Å². The standard InChI is InChI=1S/C25H30N6O2/c1-15(2)30-24-25(33)31(22(13-29-24)20-9-16(3)10-21(27)11-20)14-23(32)28-12-18-5-7-19(8-6-18)17(4)26/h5-11,13,15H,4,12,14,26-27H2,1-3H3,(H,28,32)(H,29,30). The second-order valence-corrected chi connectivity index (χ2v) is 8.31. The fraction of sp³-hybridized carbons (Fsp3) is 0.240. The van der Waals surface area contributed by atoms with Crippen molar-refractivity contribution < 1.29 is 4.79 Å². The molecule has 0 aliphatic heterocycles. The van der Waals surface area contributed by atoms with E-state index in [4.69, 9.17) is 11.5 Å². The van der Waals surface area contributed by atoms with Crippen LogP contribution in [0.4, 0.5) is 11.5 Å². The Kier molecular flexibility index (Phi) is 7.17. The van der Waals surface area contributed by atoms with Crippen LogP contribution in [0.3, 0.4) is 0 Å². The first kappa shape index (κ1) is 23.6. The van der Waals surface area contributed by atoms with Crippen LogP contribution in [-0.4, -0.2) is 21.5 Å². The Balaban J connectivity index is 1.88. The van der Waals surface area contributed by atoms with Gasteiger partial charge in [0.2, 0.25) is 5.91 Å². The largest absolute Gasteiger partial charge is 0.399 e. The van der Waals surface area contributed by atoms with Gasteiger partial charge in [0.15, 0.2) is 5.82 Å². The molecule has 8 nitrogen and oxygen atoms in total. The Labute approximate surface area is 193 Å². The van der Waals surface area contributed by atoms with Gasteiger partial charge in [0.1, 0.15) is 6.54 Å². The van der Waals surface area contributed by atoms with Crippen LogP contribution in [0, 0.1) is 6.92 Å². The molecule has 0 spiro atoms. The van der Waals surface area contributed by atoms with E-state index < -0.39 is 0 Å². The molecule has 172 valence electrons. The van der Waals surface area contributed by atoms with Gasteiger partial charge in [-0.15, -0.1) is 0 Å². The summed E-state index contributed by atoms with van der Waals surface area (Å²) in [6.07, 6.45) is 1.59. The number of rotatable bonds is 8. The van der Waals surface area contributed by atoms with Gasteiger partial charge in [-0.05, 0) is 55.7 Å². The molecule has 3 aromatic rings. The van der Waals surface area contributed by atoms with Crippen LogP contribution in [0.2, 0.25) is 0 Å². The van der Waals surface area contributed by atoms with Crippen molar-refractivity contribution >= 4 is 23.1 Å². The lowest BCUT2D eigenvalue weighted by Gasteiger charge is -2.17. The molecule has 8 heteroatoms. The monoisotopic (exact) mass is 446 g/mol. The van der Waals surface area contributed by atoms with Crippen LogP contribution in [0.15, 0.2) is 60.0 Å². The summed E-state index contributed by atoms with van der Waals surface area (Å²) in [4.78, 5) is 30.3. The van der Waals surface area contributed by atoms with Crippen molar-refractivity contribution in [2.24, 2.45) is 5.73 Å². The van der Waals surface area contributed by atoms with Gasteiger partial charge in [-0.1, -0.05) is 30.8 Å². The summed E-state index contributed by atoms with van der Waals surface area (Å²) in [6, 6.07) is 13.0. The minimum Gasteiger partial charge on any atom is -0.399 e. The van der Waals surface area contributed by atoms with Gasteiger partial charge in [0.25, 0.3) is 5.56 Å². The number of aromatic nitrogens is 2. The molecule has 0 saturated carbocycles. The van der Waals surface area contributed by atoms with Gasteiger partial charge in [0, 0.05) is 29.5 Å². The van der Waals surface area contributed by atoms with Crippen LogP contribution in [0.1, 0.15) is 30.5 Å². The Bertz CT molecular complexity index is 1210. The van der Waals surface area contributed by atoms with Crippen molar-refractivity contribution in [2.75, 3.05) is 11.1 Å². The van der Waals surface area contributed by atoms with E-state index >= 15 is 0 Å². The van der Waals surface area contributed by atoms with Gasteiger partial charge in [-0.25, -0.2) is 4.98 Å². The summed E-state index contributed by atoms with van der Waals surface area (Å²) in [7, 11) is 0. The zero-order valence-electron chi connectivity index (χ0n) is 19.2. The van der Waals surface area contributed by atoms with Crippen LogP contribution >= 0.6 is 0 Å². The molecule has 1 aromatic heterocycles. The fourth-order valence-corrected chi connectivity index (χ4v) is 3.45. The van der Waals surface area contributed by atoms with Crippen LogP contribution in [0.25, 0.3) is 17.0 Å². The Morgan fingerprint density at radius 2 is 1.88 bits per heavy atom. The lowest BCUT2D eigenvalue weighted by molar-refractivity contribution is -0.121. The molecule has 1 heterocycles. The second kappa shape index (κ2) is 10.0. The van der Waals surface area contributed by atoms with E-state index in [0.717, 1.165) is 22.3 Å². The van der Waals surface area contributed by atoms with Crippen molar-refractivity contribution in [2.45, 2.75) is 39.9 Å². The maximum Gasteiger partial charge on any atom is 0.294 e. The molecule has 0 bridgehead atoms. The van der Waals surface area contributed by atoms with Crippen molar-refractivity contribution in [1.29, 1.82) is 0 Å². The van der Waals surface area contributed by atoms with E-state index in [-0.39, 0.29) is 29.9 Å². The first-order chi connectivity index (χ1) is 15.6. The summed E-state index contributed by atoms with van der Waals surface area (Å²) in [5.74, 6) is -0.104. The van der Waals surface area contributed by atoms with Gasteiger partial charge >= 0.3 is 0 Å². The number of hydrogen-bond acceptors (Lipinski definition) is 6. The molecule has 0 fully saturated rings. The topological polar surface area (TPSA) is 128 Å². The average Bonchev–Trinajstić information content (AvgIpc) is 2.74. The summed E-state index contributed by atoms with van der Waals surface area (Å²) in [5.41, 5.74) is 16.3. The zero-order chi connectivity index (χ0) is 24.1. The molecule has 0 unspecified atom stereocenters. The van der Waals surface area contributed by atoms with Gasteiger partial charge in [0.05, 0.1) is 11.9 Å². The van der Waals surface area contributed by atoms with Crippen molar-refractivity contribution in [3.63, 3.8) is 0 Å². The van der Waals surface area contributed by atoms with E-state index in [1.807, 2.05) is 57.2 Å². The smallest absolute Gasteiger partial charge is 0.294 e. The van der Waals surface area contributed by atoms with Crippen molar-refractivity contribution in [1.82, 2.24) is 14.9 Å². The minimum atomic E-state index is -0.373. The highest BCUT2D eigenvalue weighted by molar-refractivity contribution is 5.77. The number of nitrogen functional groups attached to an aromatic ring is 1. The maximum absolute atomic E-state index is 13.2. The fourth-order valence-electron chi connectivity index (χ4n) is 3.45. The van der Waals surface area contributed by atoms with Gasteiger partial charge < -0.3 is 22.1 Å². The molecule has 0 radical (unpaired) electrons. The number of benzene rings is 2. The van der Waals surface area contributed by atoms with E-state index in [1.54, 1.807) is 12.3 Å². The van der Waals surface area contributed by atoms with Crippen LogP contribution in [-0.2, 0) is 17.9 Å². The summed E-state index contributed by atoms with van der Waals surface area (Å²) in [6.45, 7) is 9.62. The number of carbonyl (C=O) groups is 1. The number of carbonyl (C=O) groups excluding carboxylic acids is 1. The first-order valence-corrected chi connectivity index (χ1v) is 10.7. The van der Waals surface area contributed by atoms with Crippen molar-refractivity contribution in [3.05, 3.63) is 82.3 Å². The highest BCUT2D eigenvalue weighted by atomic mass is 16.2. The lowest BCUT2D eigenvalue weighted by atomic mass is 10.1. The zero-order valence-corrected chi connectivity index (χ0v) is 19.2. The van der Waals surface area contributed by atoms with Crippen molar-refractivity contribution in [3.8, 4) is 11.3 Å². The number of amides is 1. The molecule has 0 saturated heterocycles. The number of nitrogens with one attached hydrogen (secondary N) is 2. The molecule has 33 heavy (non-hydrogen) atoms. The predicted octanol–water partition coefficient (Wildman–Crippen LogP) is 2.87. The molecule has 3 rings (SSSR count). The third-order valence-corrected chi connectivity index (χ3v) is 4.99. The molecule has 0 aliphatic carbocycles. The number of anilines is 2. The highest BCUT2D eigenvalue weighted by Gasteiger charge is 2.16. The predicted molar refractivity (Wildman–Crippen MR) is 133 cm³/mol. The summed E-state index contributed by atoms with van der Waals surface area (Å²) >= 11 is 0. The normalized spacial score (nSPS) is 10.8. The van der Waals surface area contributed by atoms with Gasteiger partial charge in [-0.3, -0.25) is 14.2 Å². The number of hydrogen-bond donors (Lipinski definition) is 4. The quantitative estimate of drug-likeness (QED) is 0.394. The third kappa shape index (κ3) is 6.00. The average molecular weight is 447 g/mol. The van der Waals surface area contributed by atoms with E-state index in [0.29, 0.717) is 23.6 Å². The Morgan fingerprint density at radius 3 is 2.48 bits per heavy atom. The van der Waals surface area contributed by atoms with E-state index in [9.17, 15) is 9.59 Å². The third-order valence-electron chi connectivity index (χ3n) is 4.99. The molecular weight excluding hydrogens is 416 g/mol. The minimum absolute atomic E-state index is 0.0144. The molecule has 0 aliphatic rings. The summed E-state index contributed by atoms with van der Waals surface area (Å²) in [5, 5.41) is 5.91. The molecule has 0 atom stereocenters. The molecule has 1 amide bonds. The summed E-state index contributed by atoms with van der Waals surface area (Å²) < 4.78 is 1.42. The van der Waals surface area contributed by atoms with Crippen LogP contribution in [0.5, 0.6) is 0 Å². The Morgan fingerprint density at radius 1 is 1.18 bits per heavy atom. The second-order valence-electron chi connectivity index (χ2n) is 8.31. The maximum atomic E-state index is 13.2. The molecular formula is C25H30N6O2. The van der Waals surface area contributed by atoms with Crippen LogP contribution < -0.4 is 27.7 Å². The highest BCUT2D eigenvalue weighted by Crippen LogP contribution is 2.23. The molecule has 2 aromatic carbocycles. The lowest BCUT2D eigenvalue weighted by Crippen LogP contribution is -2.35. The first-order valence-electron chi connectivity index (χ1n) is 10.7. The number of nitrogens with zero attached hydrogens (tertiary/aromatic N) is 2. The van der Waals surface area contributed by atoms with E-state index in [2.05, 4.69) is 22.2 Å². The SMILES string of the molecule is C=C(N)c1ccc(CNC(=O)Cn2c(-c3cc(C)cc(N)c3)cnc(NC(C)C)c2=O)cc1. The number of aryl methyl sites for hydroxylation is 1. The number of nitrogens with two attached hydrogens (primary N) is 2.